The van der Waals surface area contributed by atoms with E-state index in [9.17, 15) is 9.59 Å². The molecule has 0 radical (unpaired) electrons. The van der Waals surface area contributed by atoms with Crippen LogP contribution in [-0.2, 0) is 9.59 Å². The summed E-state index contributed by atoms with van der Waals surface area (Å²) in [5.74, 6) is -2.07. The van der Waals surface area contributed by atoms with Crippen LogP contribution in [0.3, 0.4) is 0 Å². The van der Waals surface area contributed by atoms with Crippen LogP contribution in [0.1, 0.15) is 11.5 Å². The lowest BCUT2D eigenvalue weighted by atomic mass is 9.94. The zero-order chi connectivity index (χ0) is 18.3. The predicted octanol–water partition coefficient (Wildman–Crippen LogP) is 2.89. The van der Waals surface area contributed by atoms with E-state index in [1.807, 2.05) is 36.4 Å². The van der Waals surface area contributed by atoms with Crippen molar-refractivity contribution in [1.82, 2.24) is 0 Å². The number of rotatable bonds is 4. The van der Waals surface area contributed by atoms with Crippen molar-refractivity contribution in [3.63, 3.8) is 0 Å². The number of carbonyl (C=O) groups excluding carboxylic acids is 1. The van der Waals surface area contributed by atoms with Crippen molar-refractivity contribution in [2.75, 3.05) is 6.54 Å². The number of carboxylic acid groups (broad SMARTS) is 1. The molecule has 5 heteroatoms. The first-order valence-electron chi connectivity index (χ1n) is 8.29. The first-order valence-corrected chi connectivity index (χ1v) is 8.29. The van der Waals surface area contributed by atoms with Crippen LogP contribution < -0.4 is 5.73 Å². The topological polar surface area (TPSA) is 83.4 Å². The van der Waals surface area contributed by atoms with Crippen LogP contribution in [0.15, 0.2) is 60.7 Å². The van der Waals surface area contributed by atoms with E-state index in [4.69, 9.17) is 10.8 Å². The highest BCUT2D eigenvalue weighted by molar-refractivity contribution is 6.00. The second-order valence-corrected chi connectivity index (χ2v) is 6.39. The number of carbonyl (C=O) groups is 2. The van der Waals surface area contributed by atoms with Crippen LogP contribution in [0.2, 0.25) is 0 Å². The molecular weight excluding hydrogens is 328 g/mol. The van der Waals surface area contributed by atoms with Gasteiger partial charge in [0.25, 0.3) is 0 Å². The van der Waals surface area contributed by atoms with Gasteiger partial charge in [-0.05, 0) is 40.1 Å². The van der Waals surface area contributed by atoms with Gasteiger partial charge in [-0.1, -0.05) is 36.4 Å². The molecule has 1 atom stereocenters. The zero-order valence-electron chi connectivity index (χ0n) is 13.9. The molecule has 5 nitrogen and oxygen atoms in total. The Morgan fingerprint density at radius 2 is 1.65 bits per heavy atom. The minimum atomic E-state index is -0.962. The van der Waals surface area contributed by atoms with E-state index < -0.39 is 17.8 Å². The Kier molecular flexibility index (Phi) is 3.77. The Labute approximate surface area is 150 Å². The molecule has 0 saturated carbocycles. The molecule has 0 saturated heterocycles. The number of aliphatic carboxylic acids is 1. The lowest BCUT2D eigenvalue weighted by Gasteiger charge is -2.07. The summed E-state index contributed by atoms with van der Waals surface area (Å²) in [4.78, 5) is 22.9. The Morgan fingerprint density at radius 1 is 0.962 bits per heavy atom. The van der Waals surface area contributed by atoms with E-state index in [1.54, 1.807) is 10.8 Å². The van der Waals surface area contributed by atoms with Crippen molar-refractivity contribution in [1.29, 1.82) is 0 Å². The van der Waals surface area contributed by atoms with Crippen LogP contribution in [0.4, 0.5) is 5.69 Å². The van der Waals surface area contributed by atoms with Gasteiger partial charge in [-0.15, -0.1) is 0 Å². The van der Waals surface area contributed by atoms with Gasteiger partial charge >= 0.3 is 5.97 Å². The van der Waals surface area contributed by atoms with Crippen molar-refractivity contribution in [2.45, 2.75) is 5.92 Å². The van der Waals surface area contributed by atoms with E-state index >= 15 is 0 Å². The standard InChI is InChI=1S/C21H16N2O3/c22-21(26)18-11-23(12-20(24)25)19-8-7-16(10-17(18)19)15-6-5-13-3-1-2-4-14(13)9-15/h1-11,18H,12H2,(H2-,22,24,25,26)/p+1. The summed E-state index contributed by atoms with van der Waals surface area (Å²) in [6.45, 7) is -0.202. The minimum absolute atomic E-state index is 0.202. The number of nitrogens with zero attached hydrogens (tertiary/aromatic N) is 1. The van der Waals surface area contributed by atoms with Crippen molar-refractivity contribution in [3.05, 3.63) is 66.2 Å². The number of benzene rings is 3. The van der Waals surface area contributed by atoms with Crippen LogP contribution in [0, 0.1) is 0 Å². The number of carboxylic acids is 1. The third-order valence-electron chi connectivity index (χ3n) is 4.70. The number of fused-ring (bicyclic) bond motifs is 2. The first kappa shape index (κ1) is 16.0. The molecule has 3 N–H and O–H groups in total. The largest absolute Gasteiger partial charge is 0.477 e. The molecule has 0 aliphatic carbocycles. The van der Waals surface area contributed by atoms with Crippen LogP contribution in [0.5, 0.6) is 0 Å². The Balaban J connectivity index is 1.80. The second-order valence-electron chi connectivity index (χ2n) is 6.39. The average Bonchev–Trinajstić information content (AvgIpc) is 2.99. The SMILES string of the molecule is NC(=O)C1C=[N+](CC(=O)O)c2ccc(-c3ccc4ccccc4c3)cc21. The summed E-state index contributed by atoms with van der Waals surface area (Å²) in [5, 5.41) is 11.4. The Bertz CT molecular complexity index is 1090. The van der Waals surface area contributed by atoms with Gasteiger partial charge in [-0.25, -0.2) is 4.79 Å². The third kappa shape index (κ3) is 2.73. The fourth-order valence-electron chi connectivity index (χ4n) is 3.46. The highest BCUT2D eigenvalue weighted by Crippen LogP contribution is 2.36. The highest BCUT2D eigenvalue weighted by atomic mass is 16.4. The Morgan fingerprint density at radius 3 is 2.38 bits per heavy atom. The summed E-state index contributed by atoms with van der Waals surface area (Å²) in [6.07, 6.45) is 1.59. The second kappa shape index (κ2) is 6.11. The maximum absolute atomic E-state index is 11.8. The molecule has 1 amide bonds. The molecule has 0 aromatic heterocycles. The summed E-state index contributed by atoms with van der Waals surface area (Å²) >= 11 is 0. The highest BCUT2D eigenvalue weighted by Gasteiger charge is 2.35. The van der Waals surface area contributed by atoms with Gasteiger partial charge in [-0.2, -0.15) is 4.58 Å². The summed E-state index contributed by atoms with van der Waals surface area (Å²) in [7, 11) is 0. The van der Waals surface area contributed by atoms with Crippen molar-refractivity contribution < 1.29 is 19.3 Å². The molecule has 3 aromatic rings. The molecule has 1 aliphatic rings. The van der Waals surface area contributed by atoms with Crippen LogP contribution in [0.25, 0.3) is 21.9 Å². The van der Waals surface area contributed by atoms with E-state index in [0.29, 0.717) is 5.69 Å². The van der Waals surface area contributed by atoms with Gasteiger partial charge < -0.3 is 10.8 Å². The molecule has 1 unspecified atom stereocenters. The number of hydrogen-bond donors (Lipinski definition) is 2. The van der Waals surface area contributed by atoms with Crippen molar-refractivity contribution in [3.8, 4) is 11.1 Å². The molecule has 26 heavy (non-hydrogen) atoms. The third-order valence-corrected chi connectivity index (χ3v) is 4.70. The van der Waals surface area contributed by atoms with E-state index in [1.165, 1.54) is 0 Å². The Hall–Kier alpha value is -3.47. The van der Waals surface area contributed by atoms with E-state index in [0.717, 1.165) is 27.5 Å². The van der Waals surface area contributed by atoms with Crippen LogP contribution in [-0.4, -0.2) is 34.3 Å². The van der Waals surface area contributed by atoms with Gasteiger partial charge in [0.15, 0.2) is 6.21 Å². The molecule has 1 heterocycles. The van der Waals surface area contributed by atoms with Gasteiger partial charge in [0.2, 0.25) is 18.1 Å². The molecule has 0 spiro atoms. The number of primary amides is 1. The van der Waals surface area contributed by atoms with Gasteiger partial charge in [0.1, 0.15) is 5.92 Å². The number of nitrogens with two attached hydrogens (primary N) is 1. The average molecular weight is 345 g/mol. The van der Waals surface area contributed by atoms with Crippen LogP contribution >= 0.6 is 0 Å². The molecule has 4 rings (SSSR count). The first-order chi connectivity index (χ1) is 12.5. The fourth-order valence-corrected chi connectivity index (χ4v) is 3.46. The summed E-state index contributed by atoms with van der Waals surface area (Å²) < 4.78 is 1.57. The van der Waals surface area contributed by atoms with Gasteiger partial charge in [-0.3, -0.25) is 4.79 Å². The molecule has 0 bridgehead atoms. The molecule has 128 valence electrons. The summed E-state index contributed by atoms with van der Waals surface area (Å²) in [6, 6.07) is 20.0. The summed E-state index contributed by atoms with van der Waals surface area (Å²) in [5.41, 5.74) is 8.97. The number of amides is 1. The van der Waals surface area contributed by atoms with E-state index in [-0.39, 0.29) is 6.54 Å². The lowest BCUT2D eigenvalue weighted by Crippen LogP contribution is -2.22. The van der Waals surface area contributed by atoms with Gasteiger partial charge in [0, 0.05) is 11.6 Å². The zero-order valence-corrected chi connectivity index (χ0v) is 13.9. The monoisotopic (exact) mass is 345 g/mol. The van der Waals surface area contributed by atoms with Crippen molar-refractivity contribution in [2.24, 2.45) is 5.73 Å². The normalized spacial score (nSPS) is 15.5. The van der Waals surface area contributed by atoms with E-state index in [2.05, 4.69) is 24.3 Å². The molecule has 1 aliphatic heterocycles. The maximum atomic E-state index is 11.8. The smallest absolute Gasteiger partial charge is 0.370 e. The number of hydrogen-bond acceptors (Lipinski definition) is 2. The predicted molar refractivity (Wildman–Crippen MR) is 99.8 cm³/mol. The van der Waals surface area contributed by atoms with Gasteiger partial charge in [0.05, 0.1) is 0 Å². The fraction of sp³-hybridized carbons (Fsp3) is 0.0952. The van der Waals surface area contributed by atoms with Crippen molar-refractivity contribution >= 4 is 34.6 Å². The molecular formula is C21H17N2O3+. The lowest BCUT2D eigenvalue weighted by molar-refractivity contribution is -0.423. The quantitative estimate of drug-likeness (QED) is 0.713. The molecule has 3 aromatic carbocycles. The molecule has 0 fully saturated rings. The maximum Gasteiger partial charge on any atom is 0.370 e. The minimum Gasteiger partial charge on any atom is -0.477 e.